The number of aryl methyl sites for hydroxylation is 1. The van der Waals surface area contributed by atoms with E-state index in [0.29, 0.717) is 6.54 Å². The molecule has 1 aliphatic rings. The van der Waals surface area contributed by atoms with Crippen molar-refractivity contribution in [2.45, 2.75) is 38.8 Å². The van der Waals surface area contributed by atoms with Crippen LogP contribution < -0.4 is 5.32 Å². The monoisotopic (exact) mass is 237 g/mol. The third-order valence-electron chi connectivity index (χ3n) is 2.97. The van der Waals surface area contributed by atoms with Crippen molar-refractivity contribution in [2.75, 3.05) is 0 Å². The molecule has 6 nitrogen and oxygen atoms in total. The predicted octanol–water partition coefficient (Wildman–Crippen LogP) is 0.883. The molecule has 92 valence electrons. The largest absolute Gasteiger partial charge is 0.477 e. The van der Waals surface area contributed by atoms with E-state index in [1.807, 2.05) is 0 Å². The van der Waals surface area contributed by atoms with Gasteiger partial charge in [0.05, 0.1) is 0 Å². The third kappa shape index (κ3) is 2.30. The highest BCUT2D eigenvalue weighted by Gasteiger charge is 2.23. The first-order chi connectivity index (χ1) is 8.11. The van der Waals surface area contributed by atoms with Crippen LogP contribution in [0.15, 0.2) is 6.07 Å². The summed E-state index contributed by atoms with van der Waals surface area (Å²) in [5.41, 5.74) is 0.224. The maximum atomic E-state index is 11.8. The fourth-order valence-electron chi connectivity index (χ4n) is 1.75. The molecule has 0 radical (unpaired) electrons. The quantitative estimate of drug-likeness (QED) is 0.814. The number of aromatic carboxylic acids is 1. The zero-order chi connectivity index (χ0) is 12.4. The van der Waals surface area contributed by atoms with Gasteiger partial charge in [-0.3, -0.25) is 9.48 Å². The van der Waals surface area contributed by atoms with Crippen molar-refractivity contribution in [3.05, 3.63) is 17.5 Å². The average Bonchev–Trinajstić information content (AvgIpc) is 2.67. The molecule has 2 N–H and O–H groups in total. The zero-order valence-electron chi connectivity index (χ0n) is 9.64. The van der Waals surface area contributed by atoms with Crippen LogP contribution in [-0.4, -0.2) is 32.8 Å². The van der Waals surface area contributed by atoms with Gasteiger partial charge >= 0.3 is 5.97 Å². The van der Waals surface area contributed by atoms with E-state index in [1.54, 1.807) is 6.92 Å². The summed E-state index contributed by atoms with van der Waals surface area (Å²) in [6.45, 7) is 2.21. The Morgan fingerprint density at radius 2 is 2.29 bits per heavy atom. The lowest BCUT2D eigenvalue weighted by molar-refractivity contribution is 0.0683. The van der Waals surface area contributed by atoms with Crippen molar-refractivity contribution in [2.24, 2.45) is 0 Å². The van der Waals surface area contributed by atoms with Crippen molar-refractivity contribution >= 4 is 11.9 Å². The lowest BCUT2D eigenvalue weighted by Crippen LogP contribution is -2.39. The first-order valence-electron chi connectivity index (χ1n) is 5.73. The molecule has 0 saturated heterocycles. The molecule has 0 atom stereocenters. The molecule has 6 heteroatoms. The van der Waals surface area contributed by atoms with Gasteiger partial charge in [-0.2, -0.15) is 5.10 Å². The van der Waals surface area contributed by atoms with Crippen LogP contribution in [0.4, 0.5) is 0 Å². The summed E-state index contributed by atoms with van der Waals surface area (Å²) in [6.07, 6.45) is 3.12. The van der Waals surface area contributed by atoms with Crippen LogP contribution in [0.5, 0.6) is 0 Å². The second-order valence-corrected chi connectivity index (χ2v) is 4.14. The summed E-state index contributed by atoms with van der Waals surface area (Å²) in [7, 11) is 0. The fraction of sp³-hybridized carbons (Fsp3) is 0.545. The van der Waals surface area contributed by atoms with Crippen LogP contribution in [-0.2, 0) is 6.54 Å². The Morgan fingerprint density at radius 3 is 2.71 bits per heavy atom. The van der Waals surface area contributed by atoms with Gasteiger partial charge in [0.2, 0.25) is 0 Å². The zero-order valence-corrected chi connectivity index (χ0v) is 9.64. The van der Waals surface area contributed by atoms with Crippen molar-refractivity contribution in [1.29, 1.82) is 0 Å². The van der Waals surface area contributed by atoms with Gasteiger partial charge in [0.25, 0.3) is 5.91 Å². The van der Waals surface area contributed by atoms with E-state index in [4.69, 9.17) is 5.11 Å². The Balaban J connectivity index is 2.14. The Kier molecular flexibility index (Phi) is 3.12. The smallest absolute Gasteiger partial charge is 0.354 e. The number of nitrogens with zero attached hydrogens (tertiary/aromatic N) is 2. The Labute approximate surface area is 98.6 Å². The number of carbonyl (C=O) groups is 2. The third-order valence-corrected chi connectivity index (χ3v) is 2.97. The highest BCUT2D eigenvalue weighted by Crippen LogP contribution is 2.18. The molecule has 0 aliphatic heterocycles. The number of aromatic nitrogens is 2. The van der Waals surface area contributed by atoms with Crippen molar-refractivity contribution in [3.8, 4) is 0 Å². The Hall–Kier alpha value is -1.85. The average molecular weight is 237 g/mol. The first-order valence-corrected chi connectivity index (χ1v) is 5.73. The number of carboxylic acids is 1. The molecular weight excluding hydrogens is 222 g/mol. The number of rotatable bonds is 4. The summed E-state index contributed by atoms with van der Waals surface area (Å²) in [5, 5.41) is 15.8. The highest BCUT2D eigenvalue weighted by atomic mass is 16.4. The minimum atomic E-state index is -1.07. The summed E-state index contributed by atoms with van der Waals surface area (Å²) in [6, 6.07) is 1.54. The minimum Gasteiger partial charge on any atom is -0.477 e. The van der Waals surface area contributed by atoms with Crippen molar-refractivity contribution in [1.82, 2.24) is 15.1 Å². The second-order valence-electron chi connectivity index (χ2n) is 4.14. The molecule has 0 spiro atoms. The highest BCUT2D eigenvalue weighted by molar-refractivity contribution is 5.95. The molecule has 17 heavy (non-hydrogen) atoms. The molecular formula is C11H15N3O3. The number of carbonyl (C=O) groups excluding carboxylic acids is 1. The first kappa shape index (κ1) is 11.6. The molecule has 1 aliphatic carbocycles. The van der Waals surface area contributed by atoms with E-state index in [1.165, 1.54) is 10.7 Å². The number of carboxylic acid groups (broad SMARTS) is 1. The molecule has 2 rings (SSSR count). The SMILES string of the molecule is CCn1nc(C(=O)NC2CCC2)cc1C(=O)O. The summed E-state index contributed by atoms with van der Waals surface area (Å²) in [5.74, 6) is -1.36. The molecule has 1 heterocycles. The number of amides is 1. The van der Waals surface area contributed by atoms with Gasteiger partial charge in [-0.25, -0.2) is 4.79 Å². The molecule has 0 unspecified atom stereocenters. The van der Waals surface area contributed by atoms with Crippen LogP contribution in [0.1, 0.15) is 47.2 Å². The number of hydrogen-bond acceptors (Lipinski definition) is 3. The molecule has 1 amide bonds. The second kappa shape index (κ2) is 4.57. The van der Waals surface area contributed by atoms with Crippen molar-refractivity contribution in [3.63, 3.8) is 0 Å². The molecule has 0 bridgehead atoms. The van der Waals surface area contributed by atoms with Crippen LogP contribution >= 0.6 is 0 Å². The molecule has 0 aromatic carbocycles. The predicted molar refractivity (Wildman–Crippen MR) is 60.0 cm³/mol. The maximum Gasteiger partial charge on any atom is 0.354 e. The van der Waals surface area contributed by atoms with Gasteiger partial charge in [-0.15, -0.1) is 0 Å². The van der Waals surface area contributed by atoms with E-state index in [9.17, 15) is 9.59 Å². The summed E-state index contributed by atoms with van der Waals surface area (Å²) in [4.78, 5) is 22.7. The molecule has 1 aromatic heterocycles. The van der Waals surface area contributed by atoms with Gasteiger partial charge in [-0.1, -0.05) is 0 Å². The summed E-state index contributed by atoms with van der Waals surface area (Å²) >= 11 is 0. The van der Waals surface area contributed by atoms with Gasteiger partial charge in [-0.05, 0) is 26.2 Å². The lowest BCUT2D eigenvalue weighted by Gasteiger charge is -2.25. The van der Waals surface area contributed by atoms with Crippen LogP contribution in [0.25, 0.3) is 0 Å². The Bertz CT molecular complexity index is 449. The van der Waals surface area contributed by atoms with Crippen LogP contribution in [0.3, 0.4) is 0 Å². The fourth-order valence-corrected chi connectivity index (χ4v) is 1.75. The topological polar surface area (TPSA) is 84.2 Å². The van der Waals surface area contributed by atoms with E-state index >= 15 is 0 Å². The van der Waals surface area contributed by atoms with E-state index in [0.717, 1.165) is 19.3 Å². The van der Waals surface area contributed by atoms with Gasteiger partial charge in [0.1, 0.15) is 5.69 Å². The molecule has 1 aromatic rings. The maximum absolute atomic E-state index is 11.8. The minimum absolute atomic E-state index is 0.0475. The standard InChI is InChI=1S/C11H15N3O3/c1-2-14-9(11(16)17)6-8(13-14)10(15)12-7-4-3-5-7/h6-7H,2-5H2,1H3,(H,12,15)(H,16,17). The molecule has 1 saturated carbocycles. The van der Waals surface area contributed by atoms with Gasteiger partial charge in [0.15, 0.2) is 5.69 Å². The van der Waals surface area contributed by atoms with Crippen LogP contribution in [0, 0.1) is 0 Å². The van der Waals surface area contributed by atoms with Gasteiger partial charge in [0, 0.05) is 18.7 Å². The number of nitrogens with one attached hydrogen (secondary N) is 1. The van der Waals surface area contributed by atoms with Gasteiger partial charge < -0.3 is 10.4 Å². The Morgan fingerprint density at radius 1 is 1.59 bits per heavy atom. The van der Waals surface area contributed by atoms with Crippen LogP contribution in [0.2, 0.25) is 0 Å². The van der Waals surface area contributed by atoms with E-state index in [2.05, 4.69) is 10.4 Å². The number of hydrogen-bond donors (Lipinski definition) is 2. The summed E-state index contributed by atoms with van der Waals surface area (Å²) < 4.78 is 1.32. The molecule has 1 fully saturated rings. The lowest BCUT2D eigenvalue weighted by atomic mass is 9.93. The normalized spacial score (nSPS) is 15.4. The van der Waals surface area contributed by atoms with Crippen molar-refractivity contribution < 1.29 is 14.7 Å². The van der Waals surface area contributed by atoms with E-state index in [-0.39, 0.29) is 23.3 Å². The van der Waals surface area contributed by atoms with E-state index < -0.39 is 5.97 Å².